The Kier molecular flexibility index (Phi) is 5.25. The number of anilines is 1. The molecule has 3 rings (SSSR count). The van der Waals surface area contributed by atoms with Crippen LogP contribution in [-0.2, 0) is 9.53 Å². The van der Waals surface area contributed by atoms with E-state index in [9.17, 15) is 4.79 Å². The number of benzene rings is 1. The first-order valence-electron chi connectivity index (χ1n) is 7.88. The number of morpholine rings is 1. The Morgan fingerprint density at radius 1 is 1.52 bits per heavy atom. The Balaban J connectivity index is 1.60. The Bertz CT molecular complexity index is 564. The molecule has 2 saturated heterocycles. The van der Waals surface area contributed by atoms with Crippen LogP contribution in [0.4, 0.5) is 5.69 Å². The summed E-state index contributed by atoms with van der Waals surface area (Å²) in [6.45, 7) is 3.54. The second-order valence-corrected chi connectivity index (χ2v) is 6.26. The fourth-order valence-corrected chi connectivity index (χ4v) is 3.20. The van der Waals surface area contributed by atoms with E-state index in [1.807, 2.05) is 18.2 Å². The van der Waals surface area contributed by atoms with Crippen molar-refractivity contribution in [3.05, 3.63) is 23.2 Å². The molecule has 2 aliphatic rings. The SMILES string of the molecule is COc1ccc(Cl)cc1N1CCC(NC(=O)C2CNCCO2)C1. The van der Waals surface area contributed by atoms with Crippen molar-refractivity contribution in [1.82, 2.24) is 10.6 Å². The van der Waals surface area contributed by atoms with Crippen LogP contribution in [0.15, 0.2) is 18.2 Å². The highest BCUT2D eigenvalue weighted by atomic mass is 35.5. The summed E-state index contributed by atoms with van der Waals surface area (Å²) in [7, 11) is 1.65. The third-order valence-corrected chi connectivity index (χ3v) is 4.47. The van der Waals surface area contributed by atoms with Gasteiger partial charge in [-0.25, -0.2) is 0 Å². The lowest BCUT2D eigenvalue weighted by Crippen LogP contribution is -2.50. The highest BCUT2D eigenvalue weighted by Gasteiger charge is 2.29. The topological polar surface area (TPSA) is 62.8 Å². The van der Waals surface area contributed by atoms with Gasteiger partial charge in [-0.3, -0.25) is 4.79 Å². The van der Waals surface area contributed by atoms with E-state index >= 15 is 0 Å². The van der Waals surface area contributed by atoms with Gasteiger partial charge in [0, 0.05) is 37.2 Å². The van der Waals surface area contributed by atoms with Crippen LogP contribution < -0.4 is 20.3 Å². The maximum Gasteiger partial charge on any atom is 0.250 e. The van der Waals surface area contributed by atoms with E-state index < -0.39 is 6.10 Å². The number of carbonyl (C=O) groups is 1. The molecule has 2 unspecified atom stereocenters. The number of nitrogens with zero attached hydrogens (tertiary/aromatic N) is 1. The van der Waals surface area contributed by atoms with Crippen molar-refractivity contribution in [3.63, 3.8) is 0 Å². The highest BCUT2D eigenvalue weighted by Crippen LogP contribution is 2.33. The third kappa shape index (κ3) is 3.88. The van der Waals surface area contributed by atoms with E-state index in [-0.39, 0.29) is 11.9 Å². The standard InChI is InChI=1S/C16H22ClN3O3/c1-22-14-3-2-11(17)8-13(14)20-6-4-12(10-20)19-16(21)15-9-18-5-7-23-15/h2-3,8,12,15,18H,4-7,9-10H2,1H3,(H,19,21). The van der Waals surface area contributed by atoms with E-state index in [0.717, 1.165) is 37.5 Å². The van der Waals surface area contributed by atoms with Crippen LogP contribution in [0.1, 0.15) is 6.42 Å². The molecule has 23 heavy (non-hydrogen) atoms. The summed E-state index contributed by atoms with van der Waals surface area (Å²) in [5.74, 6) is 0.753. The minimum absolute atomic E-state index is 0.0397. The molecule has 0 spiro atoms. The van der Waals surface area contributed by atoms with Crippen LogP contribution in [-0.4, -0.2) is 57.9 Å². The van der Waals surface area contributed by atoms with Crippen LogP contribution in [0.2, 0.25) is 5.02 Å². The Morgan fingerprint density at radius 2 is 2.39 bits per heavy atom. The van der Waals surface area contributed by atoms with E-state index in [1.54, 1.807) is 7.11 Å². The summed E-state index contributed by atoms with van der Waals surface area (Å²) in [6, 6.07) is 5.69. The molecular formula is C16H22ClN3O3. The van der Waals surface area contributed by atoms with Crippen molar-refractivity contribution in [2.24, 2.45) is 0 Å². The second-order valence-electron chi connectivity index (χ2n) is 5.82. The number of hydrogen-bond donors (Lipinski definition) is 2. The van der Waals surface area contributed by atoms with E-state index in [2.05, 4.69) is 15.5 Å². The van der Waals surface area contributed by atoms with Gasteiger partial charge in [0.05, 0.1) is 19.4 Å². The van der Waals surface area contributed by atoms with Gasteiger partial charge in [-0.15, -0.1) is 0 Å². The number of carbonyl (C=O) groups excluding carboxylic acids is 1. The number of amides is 1. The molecule has 1 amide bonds. The summed E-state index contributed by atoms with van der Waals surface area (Å²) in [4.78, 5) is 14.4. The Labute approximate surface area is 141 Å². The zero-order chi connectivity index (χ0) is 16.2. The van der Waals surface area contributed by atoms with Gasteiger partial charge in [0.2, 0.25) is 0 Å². The van der Waals surface area contributed by atoms with Crippen molar-refractivity contribution in [2.45, 2.75) is 18.6 Å². The zero-order valence-corrected chi connectivity index (χ0v) is 13.9. The average Bonchev–Trinajstić information content (AvgIpc) is 3.04. The molecule has 1 aromatic carbocycles. The molecule has 126 valence electrons. The molecular weight excluding hydrogens is 318 g/mol. The third-order valence-electron chi connectivity index (χ3n) is 4.24. The number of halogens is 1. The van der Waals surface area contributed by atoms with Crippen LogP contribution in [0.3, 0.4) is 0 Å². The number of hydrogen-bond acceptors (Lipinski definition) is 5. The van der Waals surface area contributed by atoms with Crippen molar-refractivity contribution in [3.8, 4) is 5.75 Å². The maximum absolute atomic E-state index is 12.2. The molecule has 2 heterocycles. The van der Waals surface area contributed by atoms with Crippen molar-refractivity contribution in [1.29, 1.82) is 0 Å². The van der Waals surface area contributed by atoms with Gasteiger partial charge in [-0.05, 0) is 24.6 Å². The first-order valence-corrected chi connectivity index (χ1v) is 8.26. The lowest BCUT2D eigenvalue weighted by atomic mass is 10.2. The molecule has 2 fully saturated rings. The second kappa shape index (κ2) is 7.38. The van der Waals surface area contributed by atoms with E-state index in [0.29, 0.717) is 18.2 Å². The van der Waals surface area contributed by atoms with Crippen LogP contribution in [0.5, 0.6) is 5.75 Å². The summed E-state index contributed by atoms with van der Waals surface area (Å²) >= 11 is 6.10. The molecule has 0 bridgehead atoms. The zero-order valence-electron chi connectivity index (χ0n) is 13.2. The monoisotopic (exact) mass is 339 g/mol. The number of methoxy groups -OCH3 is 1. The minimum Gasteiger partial charge on any atom is -0.495 e. The summed E-state index contributed by atoms with van der Waals surface area (Å²) < 4.78 is 10.9. The lowest BCUT2D eigenvalue weighted by Gasteiger charge is -2.25. The quantitative estimate of drug-likeness (QED) is 0.858. The number of nitrogens with one attached hydrogen (secondary N) is 2. The summed E-state index contributed by atoms with van der Waals surface area (Å²) in [6.07, 6.45) is 0.500. The summed E-state index contributed by atoms with van der Waals surface area (Å²) in [5, 5.41) is 6.93. The molecule has 2 aliphatic heterocycles. The molecule has 7 heteroatoms. The van der Waals surface area contributed by atoms with Gasteiger partial charge in [0.15, 0.2) is 0 Å². The average molecular weight is 340 g/mol. The van der Waals surface area contributed by atoms with E-state index in [4.69, 9.17) is 21.1 Å². The van der Waals surface area contributed by atoms with Gasteiger partial charge in [0.25, 0.3) is 5.91 Å². The Hall–Kier alpha value is -1.50. The summed E-state index contributed by atoms with van der Waals surface area (Å²) in [5.41, 5.74) is 0.965. The van der Waals surface area contributed by atoms with Crippen LogP contribution >= 0.6 is 11.6 Å². The Morgan fingerprint density at radius 3 is 3.13 bits per heavy atom. The smallest absolute Gasteiger partial charge is 0.250 e. The predicted molar refractivity (Wildman–Crippen MR) is 89.4 cm³/mol. The van der Waals surface area contributed by atoms with Gasteiger partial charge < -0.3 is 25.0 Å². The fourth-order valence-electron chi connectivity index (χ4n) is 3.04. The molecule has 2 N–H and O–H groups in total. The fraction of sp³-hybridized carbons (Fsp3) is 0.562. The van der Waals surface area contributed by atoms with E-state index in [1.165, 1.54) is 0 Å². The van der Waals surface area contributed by atoms with Crippen molar-refractivity contribution < 1.29 is 14.3 Å². The van der Waals surface area contributed by atoms with Crippen molar-refractivity contribution >= 4 is 23.2 Å². The maximum atomic E-state index is 12.2. The van der Waals surface area contributed by atoms with Crippen LogP contribution in [0.25, 0.3) is 0 Å². The largest absolute Gasteiger partial charge is 0.495 e. The molecule has 1 aromatic rings. The molecule has 0 aromatic heterocycles. The first-order chi connectivity index (χ1) is 11.2. The minimum atomic E-state index is -0.390. The van der Waals surface area contributed by atoms with Crippen LogP contribution in [0, 0.1) is 0 Å². The highest BCUT2D eigenvalue weighted by molar-refractivity contribution is 6.30. The molecule has 6 nitrogen and oxygen atoms in total. The first kappa shape index (κ1) is 16.4. The molecule has 2 atom stereocenters. The number of ether oxygens (including phenoxy) is 2. The van der Waals surface area contributed by atoms with Gasteiger partial charge in [-0.2, -0.15) is 0 Å². The normalized spacial score (nSPS) is 24.5. The lowest BCUT2D eigenvalue weighted by molar-refractivity contribution is -0.134. The van der Waals surface area contributed by atoms with Crippen molar-refractivity contribution in [2.75, 3.05) is 44.8 Å². The molecule has 0 aliphatic carbocycles. The van der Waals surface area contributed by atoms with Gasteiger partial charge in [0.1, 0.15) is 11.9 Å². The number of rotatable bonds is 4. The van der Waals surface area contributed by atoms with Gasteiger partial charge in [-0.1, -0.05) is 11.6 Å². The predicted octanol–water partition coefficient (Wildman–Crippen LogP) is 1.03. The molecule has 0 radical (unpaired) electrons. The molecule has 0 saturated carbocycles. The van der Waals surface area contributed by atoms with Gasteiger partial charge >= 0.3 is 0 Å².